The van der Waals surface area contributed by atoms with Gasteiger partial charge in [-0.05, 0) is 62.6 Å². The van der Waals surface area contributed by atoms with Crippen molar-refractivity contribution in [2.24, 2.45) is 24.8 Å². The van der Waals surface area contributed by atoms with Gasteiger partial charge in [0.1, 0.15) is 23.7 Å². The van der Waals surface area contributed by atoms with Gasteiger partial charge in [-0.15, -0.1) is 5.10 Å². The molecule has 37 heavy (non-hydrogen) atoms. The van der Waals surface area contributed by atoms with E-state index in [0.29, 0.717) is 40.9 Å². The highest BCUT2D eigenvalue weighted by atomic mass is 19.4. The number of nitrogens with zero attached hydrogens (tertiary/aromatic N) is 6. The molecule has 3 aromatic heterocycles. The van der Waals surface area contributed by atoms with Gasteiger partial charge in [0.15, 0.2) is 5.69 Å². The van der Waals surface area contributed by atoms with Gasteiger partial charge in [-0.25, -0.2) is 14.6 Å². The summed E-state index contributed by atoms with van der Waals surface area (Å²) < 4.78 is 51.8. The SMILES string of the molecule is Cc1nc(-c2nnn(C)c2COc2nccc(C(F)(F)F)n2)ccc1O[C@H]1C[C@H]2CCC(C(=O)O)[C@H]2C1. The molecule has 2 fully saturated rings. The summed E-state index contributed by atoms with van der Waals surface area (Å²) in [6.45, 7) is 1.63. The standard InChI is InChI=1S/C24H25F3N6O4/c1-12-19(37-14-9-13-3-4-15(22(34)35)16(13)10-14)6-5-17(29-12)21-18(33(2)32-31-21)11-36-23-28-8-7-20(30-23)24(25,26)27/h5-8,13-16H,3-4,9-11H2,1-2H3,(H,34,35)/t13-,14+,15?,16+/m1/s1. The number of carboxylic acid groups (broad SMARTS) is 1. The molecule has 0 bridgehead atoms. The van der Waals surface area contributed by atoms with Crippen LogP contribution in [0.25, 0.3) is 11.4 Å². The van der Waals surface area contributed by atoms with E-state index >= 15 is 0 Å². The maximum absolute atomic E-state index is 12.9. The van der Waals surface area contributed by atoms with Crippen molar-refractivity contribution >= 4 is 5.97 Å². The Bertz CT molecular complexity index is 1310. The number of carboxylic acids is 1. The summed E-state index contributed by atoms with van der Waals surface area (Å²) in [7, 11) is 1.63. The number of hydrogen-bond acceptors (Lipinski definition) is 8. The largest absolute Gasteiger partial charge is 0.489 e. The molecule has 0 spiro atoms. The summed E-state index contributed by atoms with van der Waals surface area (Å²) in [6.07, 6.45) is -0.490. The Morgan fingerprint density at radius 1 is 1.19 bits per heavy atom. The van der Waals surface area contributed by atoms with Crippen molar-refractivity contribution in [2.75, 3.05) is 0 Å². The zero-order valence-corrected chi connectivity index (χ0v) is 20.1. The number of fused-ring (bicyclic) bond motifs is 1. The van der Waals surface area contributed by atoms with Gasteiger partial charge in [0.25, 0.3) is 0 Å². The summed E-state index contributed by atoms with van der Waals surface area (Å²) in [5, 5.41) is 17.6. The van der Waals surface area contributed by atoms with Crippen molar-refractivity contribution < 1.29 is 32.5 Å². The molecule has 3 aromatic rings. The van der Waals surface area contributed by atoms with Crippen molar-refractivity contribution in [1.82, 2.24) is 29.9 Å². The Balaban J connectivity index is 1.28. The molecule has 0 saturated heterocycles. The van der Waals surface area contributed by atoms with Crippen LogP contribution in [0, 0.1) is 24.7 Å². The van der Waals surface area contributed by atoms with E-state index in [9.17, 15) is 23.1 Å². The van der Waals surface area contributed by atoms with Crippen LogP contribution in [-0.2, 0) is 24.6 Å². The molecule has 1 unspecified atom stereocenters. The predicted molar refractivity (Wildman–Crippen MR) is 121 cm³/mol. The summed E-state index contributed by atoms with van der Waals surface area (Å²) in [5.41, 5.74) is 0.908. The average Bonchev–Trinajstić information content (AvgIpc) is 3.52. The number of pyridine rings is 1. The van der Waals surface area contributed by atoms with E-state index in [0.717, 1.165) is 31.5 Å². The minimum atomic E-state index is -4.61. The Hall–Kier alpha value is -3.77. The quantitative estimate of drug-likeness (QED) is 0.497. The second-order valence-corrected chi connectivity index (χ2v) is 9.46. The molecule has 13 heteroatoms. The highest BCUT2D eigenvalue weighted by molar-refractivity contribution is 5.71. The topological polar surface area (TPSA) is 125 Å². The van der Waals surface area contributed by atoms with Gasteiger partial charge in [0, 0.05) is 13.2 Å². The Labute approximate surface area is 209 Å². The number of carbonyl (C=O) groups is 1. The third-order valence-corrected chi connectivity index (χ3v) is 7.17. The summed E-state index contributed by atoms with van der Waals surface area (Å²) in [4.78, 5) is 23.3. The molecule has 0 aromatic carbocycles. The molecule has 0 aliphatic heterocycles. The normalized spacial score (nSPS) is 23.2. The molecule has 0 radical (unpaired) electrons. The van der Waals surface area contributed by atoms with Crippen molar-refractivity contribution in [2.45, 2.75) is 51.5 Å². The number of alkyl halides is 3. The molecular formula is C24H25F3N6O4. The minimum Gasteiger partial charge on any atom is -0.489 e. The third kappa shape index (κ3) is 5.07. The molecule has 2 saturated carbocycles. The molecule has 196 valence electrons. The van der Waals surface area contributed by atoms with Crippen LogP contribution in [0.3, 0.4) is 0 Å². The lowest BCUT2D eigenvalue weighted by molar-refractivity contribution is -0.143. The number of halogens is 3. The maximum atomic E-state index is 12.9. The number of aryl methyl sites for hydroxylation is 2. The number of aliphatic carboxylic acids is 1. The Morgan fingerprint density at radius 2 is 2.00 bits per heavy atom. The molecule has 2 aliphatic rings. The van der Waals surface area contributed by atoms with Crippen molar-refractivity contribution in [3.63, 3.8) is 0 Å². The lowest BCUT2D eigenvalue weighted by Gasteiger charge is -2.18. The number of aromatic nitrogens is 6. The number of hydrogen-bond donors (Lipinski definition) is 1. The van der Waals surface area contributed by atoms with E-state index in [1.54, 1.807) is 26.1 Å². The van der Waals surface area contributed by atoms with E-state index < -0.39 is 23.8 Å². The van der Waals surface area contributed by atoms with Gasteiger partial charge in [0.2, 0.25) is 0 Å². The van der Waals surface area contributed by atoms with Crippen LogP contribution in [0.15, 0.2) is 24.4 Å². The van der Waals surface area contributed by atoms with E-state index in [1.165, 1.54) is 4.68 Å². The number of rotatable bonds is 7. The van der Waals surface area contributed by atoms with Crippen LogP contribution in [-0.4, -0.2) is 47.1 Å². The third-order valence-electron chi connectivity index (χ3n) is 7.17. The smallest absolute Gasteiger partial charge is 0.433 e. The van der Waals surface area contributed by atoms with Crippen molar-refractivity contribution in [3.05, 3.63) is 41.5 Å². The van der Waals surface area contributed by atoms with Gasteiger partial charge in [-0.1, -0.05) is 5.21 Å². The summed E-state index contributed by atoms with van der Waals surface area (Å²) in [5.74, 6) is 0.122. The van der Waals surface area contributed by atoms with Crippen LogP contribution < -0.4 is 9.47 Å². The second-order valence-electron chi connectivity index (χ2n) is 9.46. The van der Waals surface area contributed by atoms with Crippen molar-refractivity contribution in [1.29, 1.82) is 0 Å². The first-order chi connectivity index (χ1) is 17.6. The molecule has 0 amide bonds. The van der Waals surface area contributed by atoms with Gasteiger partial charge < -0.3 is 14.6 Å². The lowest BCUT2D eigenvalue weighted by atomic mass is 9.92. The lowest BCUT2D eigenvalue weighted by Crippen LogP contribution is -2.21. The first-order valence-corrected chi connectivity index (χ1v) is 11.9. The van der Waals surface area contributed by atoms with Gasteiger partial charge in [0.05, 0.1) is 23.4 Å². The second kappa shape index (κ2) is 9.60. The Kier molecular flexibility index (Phi) is 6.46. The zero-order valence-electron chi connectivity index (χ0n) is 20.1. The van der Waals surface area contributed by atoms with E-state index in [-0.39, 0.29) is 24.5 Å². The molecule has 3 heterocycles. The molecule has 1 N–H and O–H groups in total. The fourth-order valence-electron chi connectivity index (χ4n) is 5.36. The fourth-order valence-corrected chi connectivity index (χ4v) is 5.36. The highest BCUT2D eigenvalue weighted by Crippen LogP contribution is 2.48. The Morgan fingerprint density at radius 3 is 2.73 bits per heavy atom. The van der Waals surface area contributed by atoms with E-state index in [1.807, 2.05) is 0 Å². The fraction of sp³-hybridized carbons (Fsp3) is 0.500. The highest BCUT2D eigenvalue weighted by Gasteiger charge is 2.47. The summed E-state index contributed by atoms with van der Waals surface area (Å²) >= 11 is 0. The number of ether oxygens (including phenoxy) is 2. The molecular weight excluding hydrogens is 493 g/mol. The van der Waals surface area contributed by atoms with Crippen LogP contribution in [0.4, 0.5) is 13.2 Å². The monoisotopic (exact) mass is 518 g/mol. The van der Waals surface area contributed by atoms with Crippen LogP contribution in [0.2, 0.25) is 0 Å². The predicted octanol–water partition coefficient (Wildman–Crippen LogP) is 3.84. The summed E-state index contributed by atoms with van der Waals surface area (Å²) in [6, 6.07) is 3.87. The first kappa shape index (κ1) is 24.9. The molecule has 5 rings (SSSR count). The van der Waals surface area contributed by atoms with Gasteiger partial charge >= 0.3 is 18.2 Å². The zero-order chi connectivity index (χ0) is 26.3. The first-order valence-electron chi connectivity index (χ1n) is 11.9. The molecule has 4 atom stereocenters. The van der Waals surface area contributed by atoms with Gasteiger partial charge in [-0.2, -0.15) is 18.2 Å². The van der Waals surface area contributed by atoms with E-state index in [2.05, 4.69) is 25.3 Å². The van der Waals surface area contributed by atoms with Crippen LogP contribution >= 0.6 is 0 Å². The van der Waals surface area contributed by atoms with Crippen LogP contribution in [0.1, 0.15) is 42.8 Å². The van der Waals surface area contributed by atoms with E-state index in [4.69, 9.17) is 9.47 Å². The van der Waals surface area contributed by atoms with Crippen LogP contribution in [0.5, 0.6) is 11.8 Å². The minimum absolute atomic E-state index is 0.0589. The average molecular weight is 518 g/mol. The molecule has 2 aliphatic carbocycles. The van der Waals surface area contributed by atoms with Crippen molar-refractivity contribution in [3.8, 4) is 23.1 Å². The molecule has 10 nitrogen and oxygen atoms in total. The maximum Gasteiger partial charge on any atom is 0.433 e. The van der Waals surface area contributed by atoms with Gasteiger partial charge in [-0.3, -0.25) is 4.79 Å².